The van der Waals surface area contributed by atoms with E-state index in [4.69, 9.17) is 17.3 Å². The molecule has 1 fully saturated rings. The van der Waals surface area contributed by atoms with Crippen molar-refractivity contribution in [3.05, 3.63) is 81.4 Å². The number of carbonyl (C=O) groups excluding carboxylic acids is 1. The molecule has 0 aliphatic carbocycles. The van der Waals surface area contributed by atoms with E-state index >= 15 is 0 Å². The number of nitro groups is 1. The molecular weight excluding hydrogens is 468 g/mol. The molecular formula is C25H24N4O3S2. The fourth-order valence-corrected chi connectivity index (χ4v) is 5.03. The highest BCUT2D eigenvalue weighted by molar-refractivity contribution is 8.26. The highest BCUT2D eigenvalue weighted by Crippen LogP contribution is 2.35. The van der Waals surface area contributed by atoms with Crippen LogP contribution in [0, 0.1) is 10.1 Å². The maximum atomic E-state index is 13.1. The number of amides is 1. The Kier molecular flexibility index (Phi) is 7.54. The van der Waals surface area contributed by atoms with Crippen molar-refractivity contribution in [1.82, 2.24) is 14.7 Å². The standard InChI is InChI=1S/C25H24N4O3S2/c1-2-3-4-8-14-27-24(30)22(34-25(27)33)16-19-17-28(20-11-6-5-7-12-20)26-23(19)18-10-9-13-21(15-18)29(31)32/h5-7,9-13,15-17H,2-4,8,14H2,1H3/b22-16-. The smallest absolute Gasteiger partial charge is 0.270 e. The van der Waals surface area contributed by atoms with Gasteiger partial charge in [0.25, 0.3) is 11.6 Å². The van der Waals surface area contributed by atoms with Gasteiger partial charge in [-0.3, -0.25) is 19.8 Å². The van der Waals surface area contributed by atoms with Crippen LogP contribution in [0.4, 0.5) is 5.69 Å². The van der Waals surface area contributed by atoms with Crippen molar-refractivity contribution >= 4 is 46.0 Å². The first-order valence-corrected chi connectivity index (χ1v) is 12.4. The first-order valence-electron chi connectivity index (χ1n) is 11.1. The molecule has 1 aliphatic heterocycles. The van der Waals surface area contributed by atoms with E-state index in [1.807, 2.05) is 36.5 Å². The van der Waals surface area contributed by atoms with E-state index in [1.54, 1.807) is 27.8 Å². The lowest BCUT2D eigenvalue weighted by molar-refractivity contribution is -0.384. The van der Waals surface area contributed by atoms with Gasteiger partial charge in [-0.2, -0.15) is 5.10 Å². The number of para-hydroxylation sites is 1. The second-order valence-corrected chi connectivity index (χ2v) is 9.59. The summed E-state index contributed by atoms with van der Waals surface area (Å²) >= 11 is 6.76. The summed E-state index contributed by atoms with van der Waals surface area (Å²) in [5.74, 6) is -0.107. The van der Waals surface area contributed by atoms with Crippen LogP contribution in [0.3, 0.4) is 0 Å². The monoisotopic (exact) mass is 492 g/mol. The second-order valence-electron chi connectivity index (χ2n) is 7.91. The Morgan fingerprint density at radius 3 is 2.65 bits per heavy atom. The largest absolute Gasteiger partial charge is 0.293 e. The van der Waals surface area contributed by atoms with E-state index < -0.39 is 4.92 Å². The van der Waals surface area contributed by atoms with Gasteiger partial charge >= 0.3 is 0 Å². The Labute approximate surface area is 207 Å². The van der Waals surface area contributed by atoms with Crippen molar-refractivity contribution in [3.8, 4) is 16.9 Å². The summed E-state index contributed by atoms with van der Waals surface area (Å²) in [5, 5.41) is 16.0. The van der Waals surface area contributed by atoms with Crippen LogP contribution >= 0.6 is 24.0 Å². The third kappa shape index (κ3) is 5.26. The molecule has 1 saturated heterocycles. The van der Waals surface area contributed by atoms with Crippen LogP contribution in [0.2, 0.25) is 0 Å². The number of thioether (sulfide) groups is 1. The van der Waals surface area contributed by atoms with Crippen molar-refractivity contribution in [3.63, 3.8) is 0 Å². The molecule has 7 nitrogen and oxygen atoms in total. The van der Waals surface area contributed by atoms with Crippen molar-refractivity contribution in [2.24, 2.45) is 0 Å². The highest BCUT2D eigenvalue weighted by Gasteiger charge is 2.32. The number of aromatic nitrogens is 2. The summed E-state index contributed by atoms with van der Waals surface area (Å²) in [6.07, 6.45) is 7.86. The van der Waals surface area contributed by atoms with Gasteiger partial charge in [0.05, 0.1) is 15.5 Å². The first kappa shape index (κ1) is 23.8. The van der Waals surface area contributed by atoms with Crippen molar-refractivity contribution in [2.45, 2.75) is 32.6 Å². The molecule has 2 aromatic carbocycles. The molecule has 0 spiro atoms. The zero-order valence-corrected chi connectivity index (χ0v) is 20.3. The molecule has 0 N–H and O–H groups in total. The number of hydrogen-bond donors (Lipinski definition) is 0. The van der Waals surface area contributed by atoms with E-state index in [2.05, 4.69) is 6.92 Å². The lowest BCUT2D eigenvalue weighted by atomic mass is 10.1. The van der Waals surface area contributed by atoms with E-state index in [1.165, 1.54) is 23.9 Å². The number of non-ortho nitro benzene ring substituents is 1. The molecule has 2 heterocycles. The Balaban J connectivity index is 1.71. The normalized spacial score (nSPS) is 14.9. The van der Waals surface area contributed by atoms with E-state index in [0.29, 0.717) is 32.6 Å². The van der Waals surface area contributed by atoms with E-state index in [9.17, 15) is 14.9 Å². The third-order valence-electron chi connectivity index (χ3n) is 5.49. The maximum Gasteiger partial charge on any atom is 0.270 e. The molecule has 0 atom stereocenters. The number of thiocarbonyl (C=S) groups is 1. The SMILES string of the molecule is CCCCCCN1C(=O)/C(=C/c2cn(-c3ccccc3)nc2-c2cccc([N+](=O)[O-])c2)SC1=S. The second kappa shape index (κ2) is 10.8. The van der Waals surface area contributed by atoms with Gasteiger partial charge in [0, 0.05) is 36.0 Å². The van der Waals surface area contributed by atoms with Gasteiger partial charge in [0.1, 0.15) is 10.0 Å². The van der Waals surface area contributed by atoms with Crippen molar-refractivity contribution < 1.29 is 9.72 Å². The lowest BCUT2D eigenvalue weighted by Gasteiger charge is -2.13. The van der Waals surface area contributed by atoms with Crippen LogP contribution in [0.1, 0.15) is 38.2 Å². The Morgan fingerprint density at radius 1 is 1.12 bits per heavy atom. The minimum atomic E-state index is -0.430. The van der Waals surface area contributed by atoms with Crippen LogP contribution in [0.15, 0.2) is 65.7 Å². The van der Waals surface area contributed by atoms with Gasteiger partial charge in [0.2, 0.25) is 0 Å². The predicted molar refractivity (Wildman–Crippen MR) is 140 cm³/mol. The summed E-state index contributed by atoms with van der Waals surface area (Å²) in [6.45, 7) is 2.76. The zero-order chi connectivity index (χ0) is 24.1. The van der Waals surface area contributed by atoms with Crippen molar-refractivity contribution in [2.75, 3.05) is 6.54 Å². The molecule has 0 radical (unpaired) electrons. The average molecular weight is 493 g/mol. The van der Waals surface area contributed by atoms with Crippen LogP contribution in [-0.4, -0.2) is 36.4 Å². The molecule has 4 rings (SSSR count). The first-order chi connectivity index (χ1) is 16.5. The number of nitro benzene ring substituents is 1. The fraction of sp³-hybridized carbons (Fsp3) is 0.240. The quantitative estimate of drug-likeness (QED) is 0.116. The van der Waals surface area contributed by atoms with Crippen LogP contribution in [0.25, 0.3) is 23.0 Å². The van der Waals surface area contributed by atoms with Gasteiger partial charge in [-0.25, -0.2) is 4.68 Å². The van der Waals surface area contributed by atoms with Gasteiger partial charge < -0.3 is 0 Å². The summed E-state index contributed by atoms with van der Waals surface area (Å²) < 4.78 is 2.27. The number of carbonyl (C=O) groups is 1. The number of unbranched alkanes of at least 4 members (excludes halogenated alkanes) is 3. The van der Waals surface area contributed by atoms with E-state index in [0.717, 1.165) is 31.4 Å². The fourth-order valence-electron chi connectivity index (χ4n) is 3.73. The van der Waals surface area contributed by atoms with Gasteiger partial charge in [-0.1, -0.05) is 80.5 Å². The van der Waals surface area contributed by atoms with Crippen LogP contribution in [0.5, 0.6) is 0 Å². The molecule has 0 unspecified atom stereocenters. The van der Waals surface area contributed by atoms with Gasteiger partial charge in [0.15, 0.2) is 0 Å². The maximum absolute atomic E-state index is 13.1. The summed E-state index contributed by atoms with van der Waals surface area (Å²) in [5.41, 5.74) is 2.68. The Bertz CT molecular complexity index is 1250. The average Bonchev–Trinajstić information content (AvgIpc) is 3.38. The number of benzene rings is 2. The Hall–Kier alpha value is -3.30. The van der Waals surface area contributed by atoms with Crippen LogP contribution in [-0.2, 0) is 4.79 Å². The summed E-state index contributed by atoms with van der Waals surface area (Å²) in [7, 11) is 0. The van der Waals surface area contributed by atoms with Crippen LogP contribution < -0.4 is 0 Å². The third-order valence-corrected chi connectivity index (χ3v) is 6.87. The predicted octanol–water partition coefficient (Wildman–Crippen LogP) is 6.23. The molecule has 9 heteroatoms. The highest BCUT2D eigenvalue weighted by atomic mass is 32.2. The number of rotatable bonds is 9. The number of nitrogens with zero attached hydrogens (tertiary/aromatic N) is 4. The molecule has 174 valence electrons. The molecule has 1 amide bonds. The summed E-state index contributed by atoms with van der Waals surface area (Å²) in [6, 6.07) is 15.9. The summed E-state index contributed by atoms with van der Waals surface area (Å²) in [4.78, 5) is 26.2. The van der Waals surface area contributed by atoms with Gasteiger partial charge in [-0.15, -0.1) is 0 Å². The Morgan fingerprint density at radius 2 is 1.91 bits per heavy atom. The van der Waals surface area contributed by atoms with E-state index in [-0.39, 0.29) is 11.6 Å². The topological polar surface area (TPSA) is 81.3 Å². The minimum absolute atomic E-state index is 0.0175. The van der Waals surface area contributed by atoms with Crippen molar-refractivity contribution in [1.29, 1.82) is 0 Å². The minimum Gasteiger partial charge on any atom is -0.293 e. The number of hydrogen-bond acceptors (Lipinski definition) is 6. The van der Waals surface area contributed by atoms with Gasteiger partial charge in [-0.05, 0) is 24.6 Å². The molecule has 1 aliphatic rings. The lowest BCUT2D eigenvalue weighted by Crippen LogP contribution is -2.29. The zero-order valence-electron chi connectivity index (χ0n) is 18.7. The molecule has 0 bridgehead atoms. The molecule has 0 saturated carbocycles. The molecule has 1 aromatic heterocycles. The molecule has 34 heavy (non-hydrogen) atoms. The molecule has 3 aromatic rings.